The van der Waals surface area contributed by atoms with Gasteiger partial charge in [-0.25, -0.2) is 0 Å². The Kier molecular flexibility index (Phi) is 3.06. The largest absolute Gasteiger partial charge is 0.392 e. The van der Waals surface area contributed by atoms with Gasteiger partial charge in [-0.1, -0.05) is 0 Å². The molecule has 18 heavy (non-hydrogen) atoms. The zero-order valence-corrected chi connectivity index (χ0v) is 11.2. The summed E-state index contributed by atoms with van der Waals surface area (Å²) in [6.45, 7) is 3.28. The van der Waals surface area contributed by atoms with Gasteiger partial charge in [-0.05, 0) is 36.4 Å². The highest BCUT2D eigenvalue weighted by Crippen LogP contribution is 2.36. The van der Waals surface area contributed by atoms with E-state index in [9.17, 15) is 5.11 Å². The molecule has 1 N–H and O–H groups in total. The Morgan fingerprint density at radius 1 is 1.50 bits per heavy atom. The van der Waals surface area contributed by atoms with Crippen molar-refractivity contribution in [3.63, 3.8) is 0 Å². The summed E-state index contributed by atoms with van der Waals surface area (Å²) < 4.78 is 0. The van der Waals surface area contributed by atoms with Gasteiger partial charge in [-0.15, -0.1) is 11.3 Å². The maximum Gasteiger partial charge on any atom is 0.0717 e. The Bertz CT molecular complexity index is 552. The van der Waals surface area contributed by atoms with E-state index < -0.39 is 0 Å². The van der Waals surface area contributed by atoms with E-state index in [4.69, 9.17) is 0 Å². The highest BCUT2D eigenvalue weighted by Gasteiger charge is 2.26. The zero-order valence-electron chi connectivity index (χ0n) is 10.3. The lowest BCUT2D eigenvalue weighted by Crippen LogP contribution is -2.33. The topological polar surface area (TPSA) is 36.4 Å². The van der Waals surface area contributed by atoms with Gasteiger partial charge in [-0.3, -0.25) is 4.98 Å². The van der Waals surface area contributed by atoms with Crippen LogP contribution in [-0.4, -0.2) is 16.6 Å². The molecule has 2 aromatic heterocycles. The van der Waals surface area contributed by atoms with E-state index in [2.05, 4.69) is 28.3 Å². The first-order valence-corrected chi connectivity index (χ1v) is 7.06. The minimum atomic E-state index is 0.0445. The van der Waals surface area contributed by atoms with Gasteiger partial charge < -0.3 is 10.0 Å². The van der Waals surface area contributed by atoms with Crippen LogP contribution in [0.25, 0.3) is 0 Å². The summed E-state index contributed by atoms with van der Waals surface area (Å²) in [6.07, 6.45) is 4.64. The molecule has 1 atom stereocenters. The number of hydrogen-bond acceptors (Lipinski definition) is 4. The molecule has 0 radical (unpaired) electrons. The molecule has 0 bridgehead atoms. The van der Waals surface area contributed by atoms with Crippen molar-refractivity contribution in [3.05, 3.63) is 45.9 Å². The maximum absolute atomic E-state index is 9.43. The number of aliphatic hydroxyl groups is 1. The molecule has 0 aromatic carbocycles. The third kappa shape index (κ3) is 1.82. The lowest BCUT2D eigenvalue weighted by molar-refractivity contribution is 0.281. The fourth-order valence-electron chi connectivity index (χ4n) is 2.66. The van der Waals surface area contributed by atoms with Gasteiger partial charge in [0.1, 0.15) is 0 Å². The third-order valence-corrected chi connectivity index (χ3v) is 4.63. The van der Waals surface area contributed by atoms with Crippen LogP contribution in [0, 0.1) is 0 Å². The van der Waals surface area contributed by atoms with Crippen LogP contribution in [0.1, 0.15) is 29.0 Å². The van der Waals surface area contributed by atoms with Crippen molar-refractivity contribution in [2.75, 3.05) is 11.4 Å². The van der Waals surface area contributed by atoms with Crippen molar-refractivity contribution < 1.29 is 5.11 Å². The first kappa shape index (κ1) is 11.7. The second kappa shape index (κ2) is 4.71. The quantitative estimate of drug-likeness (QED) is 0.902. The van der Waals surface area contributed by atoms with Crippen LogP contribution in [0.3, 0.4) is 0 Å². The van der Waals surface area contributed by atoms with E-state index in [0.29, 0.717) is 6.04 Å². The Hall–Kier alpha value is -1.39. The second-order valence-electron chi connectivity index (χ2n) is 4.58. The number of anilines is 1. The molecule has 94 valence electrons. The van der Waals surface area contributed by atoms with Gasteiger partial charge in [0.25, 0.3) is 0 Å². The van der Waals surface area contributed by atoms with Gasteiger partial charge in [0, 0.05) is 35.1 Å². The minimum Gasteiger partial charge on any atom is -0.392 e. The van der Waals surface area contributed by atoms with Gasteiger partial charge in [-0.2, -0.15) is 0 Å². The predicted molar refractivity (Wildman–Crippen MR) is 73.9 cm³/mol. The van der Waals surface area contributed by atoms with Gasteiger partial charge >= 0.3 is 0 Å². The number of fused-ring (bicyclic) bond motifs is 1. The van der Waals surface area contributed by atoms with E-state index in [0.717, 1.165) is 24.2 Å². The van der Waals surface area contributed by atoms with Crippen LogP contribution in [0.5, 0.6) is 0 Å². The van der Waals surface area contributed by atoms with Crippen molar-refractivity contribution in [1.29, 1.82) is 0 Å². The first-order valence-electron chi connectivity index (χ1n) is 6.18. The summed E-state index contributed by atoms with van der Waals surface area (Å²) in [5, 5.41) is 11.6. The van der Waals surface area contributed by atoms with E-state index in [1.807, 2.05) is 17.4 Å². The summed E-state index contributed by atoms with van der Waals surface area (Å²) >= 11 is 1.85. The maximum atomic E-state index is 9.43. The fraction of sp³-hybridized carbons (Fsp3) is 0.357. The molecule has 1 unspecified atom stereocenters. The minimum absolute atomic E-state index is 0.0445. The molecule has 3 rings (SSSR count). The van der Waals surface area contributed by atoms with Crippen LogP contribution < -0.4 is 4.90 Å². The Morgan fingerprint density at radius 2 is 2.39 bits per heavy atom. The van der Waals surface area contributed by atoms with Gasteiger partial charge in [0.05, 0.1) is 12.6 Å². The highest BCUT2D eigenvalue weighted by molar-refractivity contribution is 7.10. The number of hydrogen-bond donors (Lipinski definition) is 1. The molecule has 0 fully saturated rings. The van der Waals surface area contributed by atoms with Gasteiger partial charge in [0.15, 0.2) is 0 Å². The molecule has 0 saturated carbocycles. The summed E-state index contributed by atoms with van der Waals surface area (Å²) in [4.78, 5) is 7.95. The molecule has 0 spiro atoms. The monoisotopic (exact) mass is 260 g/mol. The van der Waals surface area contributed by atoms with Crippen LogP contribution >= 0.6 is 11.3 Å². The number of aliphatic hydroxyl groups excluding tert-OH is 1. The smallest absolute Gasteiger partial charge is 0.0717 e. The first-order chi connectivity index (χ1) is 8.81. The van der Waals surface area contributed by atoms with Crippen molar-refractivity contribution in [3.8, 4) is 0 Å². The summed E-state index contributed by atoms with van der Waals surface area (Å²) in [6, 6.07) is 4.59. The average Bonchev–Trinajstić information content (AvgIpc) is 2.88. The standard InChI is InChI=1S/C14H16N2OS/c1-10-12-4-7-18-14(12)3-6-16(10)13-2-5-15-8-11(13)9-17/h2,4-5,7-8,10,17H,3,6,9H2,1H3. The molecule has 3 nitrogen and oxygen atoms in total. The normalized spacial score (nSPS) is 18.8. The Balaban J connectivity index is 1.99. The molecule has 0 aliphatic carbocycles. The Labute approximate surface area is 111 Å². The highest BCUT2D eigenvalue weighted by atomic mass is 32.1. The molecule has 2 aromatic rings. The zero-order chi connectivity index (χ0) is 12.5. The predicted octanol–water partition coefficient (Wildman–Crippen LogP) is 2.76. The van der Waals surface area contributed by atoms with Gasteiger partial charge in [0.2, 0.25) is 0 Å². The summed E-state index contributed by atoms with van der Waals surface area (Å²) in [5.41, 5.74) is 3.44. The molecule has 0 saturated heterocycles. The van der Waals surface area contributed by atoms with Crippen LogP contribution in [-0.2, 0) is 13.0 Å². The lowest BCUT2D eigenvalue weighted by Gasteiger charge is -2.36. The number of pyridine rings is 1. The molecular weight excluding hydrogens is 244 g/mol. The van der Waals surface area contributed by atoms with Crippen LogP contribution in [0.4, 0.5) is 5.69 Å². The molecular formula is C14H16N2OS. The van der Waals surface area contributed by atoms with E-state index in [-0.39, 0.29) is 6.61 Å². The van der Waals surface area contributed by atoms with Crippen molar-refractivity contribution in [1.82, 2.24) is 4.98 Å². The molecule has 1 aliphatic rings. The summed E-state index contributed by atoms with van der Waals surface area (Å²) in [5.74, 6) is 0. The number of rotatable bonds is 2. The summed E-state index contributed by atoms with van der Waals surface area (Å²) in [7, 11) is 0. The molecule has 0 amide bonds. The van der Waals surface area contributed by atoms with Crippen molar-refractivity contribution in [2.24, 2.45) is 0 Å². The van der Waals surface area contributed by atoms with Crippen molar-refractivity contribution >= 4 is 17.0 Å². The van der Waals surface area contributed by atoms with E-state index >= 15 is 0 Å². The number of thiophene rings is 1. The number of nitrogens with zero attached hydrogens (tertiary/aromatic N) is 2. The molecule has 1 aliphatic heterocycles. The lowest BCUT2D eigenvalue weighted by atomic mass is 10.00. The SMILES string of the molecule is CC1c2ccsc2CCN1c1ccncc1CO. The van der Waals surface area contributed by atoms with Crippen LogP contribution in [0.15, 0.2) is 29.9 Å². The third-order valence-electron chi connectivity index (χ3n) is 3.63. The van der Waals surface area contributed by atoms with E-state index in [1.165, 1.54) is 10.4 Å². The van der Waals surface area contributed by atoms with Crippen LogP contribution in [0.2, 0.25) is 0 Å². The average molecular weight is 260 g/mol. The second-order valence-corrected chi connectivity index (χ2v) is 5.58. The Morgan fingerprint density at radius 3 is 3.22 bits per heavy atom. The van der Waals surface area contributed by atoms with Crippen molar-refractivity contribution in [2.45, 2.75) is 26.0 Å². The fourth-order valence-corrected chi connectivity index (χ4v) is 3.62. The molecule has 3 heterocycles. The molecule has 4 heteroatoms. The van der Waals surface area contributed by atoms with E-state index in [1.54, 1.807) is 12.4 Å². The number of aromatic nitrogens is 1.